The molecule has 5 heteroatoms. The lowest BCUT2D eigenvalue weighted by Gasteiger charge is -2.38. The lowest BCUT2D eigenvalue weighted by atomic mass is 10.1. The molecule has 1 heterocycles. The standard InChI is InChI=1S/C21H33NO3Si/c1-7-14-22(20-9-8-15-24-20)19(23)13-11-17-10-12-18(16-17)25-26(5,6)21(2,3)4/h7-10,15,18H,1,11-14,16H2,2-6H3. The molecule has 1 aliphatic carbocycles. The van der Waals surface area contributed by atoms with Crippen LogP contribution in [0.1, 0.15) is 46.5 Å². The summed E-state index contributed by atoms with van der Waals surface area (Å²) < 4.78 is 11.9. The van der Waals surface area contributed by atoms with E-state index in [4.69, 9.17) is 8.84 Å². The van der Waals surface area contributed by atoms with E-state index in [0.717, 1.165) is 19.3 Å². The molecule has 0 N–H and O–H groups in total. The van der Waals surface area contributed by atoms with Gasteiger partial charge in [-0.15, -0.1) is 6.58 Å². The van der Waals surface area contributed by atoms with Crippen molar-refractivity contribution >= 4 is 20.1 Å². The average Bonchev–Trinajstić information content (AvgIpc) is 3.20. The molecule has 1 aromatic rings. The molecule has 0 aliphatic heterocycles. The maximum absolute atomic E-state index is 12.6. The van der Waals surface area contributed by atoms with Crippen molar-refractivity contribution in [2.24, 2.45) is 0 Å². The van der Waals surface area contributed by atoms with Gasteiger partial charge >= 0.3 is 0 Å². The molecule has 0 fully saturated rings. The van der Waals surface area contributed by atoms with Crippen LogP contribution in [0.4, 0.5) is 5.88 Å². The Bertz CT molecular complexity index is 641. The number of rotatable bonds is 8. The van der Waals surface area contributed by atoms with Gasteiger partial charge in [0.25, 0.3) is 0 Å². The monoisotopic (exact) mass is 375 g/mol. The number of carbonyl (C=O) groups is 1. The van der Waals surface area contributed by atoms with Crippen molar-refractivity contribution in [3.05, 3.63) is 42.7 Å². The number of hydrogen-bond acceptors (Lipinski definition) is 3. The normalized spacial score (nSPS) is 17.9. The summed E-state index contributed by atoms with van der Waals surface area (Å²) in [5, 5.41) is 0.222. The van der Waals surface area contributed by atoms with Crippen LogP contribution in [-0.4, -0.2) is 26.9 Å². The fourth-order valence-electron chi connectivity index (χ4n) is 2.91. The summed E-state index contributed by atoms with van der Waals surface area (Å²) in [6.45, 7) is 15.6. The van der Waals surface area contributed by atoms with Crippen molar-refractivity contribution in [1.29, 1.82) is 0 Å². The second-order valence-electron chi connectivity index (χ2n) is 8.55. The Morgan fingerprint density at radius 1 is 1.46 bits per heavy atom. The van der Waals surface area contributed by atoms with Crippen LogP contribution < -0.4 is 4.90 Å². The Labute approximate surface area is 159 Å². The van der Waals surface area contributed by atoms with E-state index in [2.05, 4.69) is 46.5 Å². The van der Waals surface area contributed by atoms with E-state index in [1.807, 2.05) is 0 Å². The number of furan rings is 1. The predicted octanol–water partition coefficient (Wildman–Crippen LogP) is 5.69. The molecule has 0 saturated carbocycles. The Kier molecular flexibility index (Phi) is 6.69. The number of nitrogens with zero attached hydrogens (tertiary/aromatic N) is 1. The molecule has 1 aromatic heterocycles. The third-order valence-electron chi connectivity index (χ3n) is 5.47. The topological polar surface area (TPSA) is 42.7 Å². The van der Waals surface area contributed by atoms with Crippen molar-refractivity contribution in [2.75, 3.05) is 11.4 Å². The molecule has 144 valence electrons. The number of amides is 1. The molecular formula is C21H33NO3Si. The molecule has 0 radical (unpaired) electrons. The van der Waals surface area contributed by atoms with Gasteiger partial charge in [0.1, 0.15) is 0 Å². The van der Waals surface area contributed by atoms with Gasteiger partial charge < -0.3 is 8.84 Å². The summed E-state index contributed by atoms with van der Waals surface area (Å²) in [6.07, 6.45) is 9.01. The molecular weight excluding hydrogens is 342 g/mol. The zero-order chi connectivity index (χ0) is 19.4. The molecule has 2 rings (SSSR count). The van der Waals surface area contributed by atoms with Gasteiger partial charge in [0.05, 0.1) is 12.4 Å². The molecule has 1 unspecified atom stereocenters. The maximum atomic E-state index is 12.6. The molecule has 0 saturated heterocycles. The molecule has 0 bridgehead atoms. The van der Waals surface area contributed by atoms with Crippen LogP contribution in [0.25, 0.3) is 0 Å². The minimum Gasteiger partial charge on any atom is -0.448 e. The first-order valence-corrected chi connectivity index (χ1v) is 12.4. The van der Waals surface area contributed by atoms with Crippen molar-refractivity contribution in [3.8, 4) is 0 Å². The first kappa shape index (κ1) is 20.7. The Hall–Kier alpha value is -1.59. The molecule has 4 nitrogen and oxygen atoms in total. The minimum atomic E-state index is -1.74. The zero-order valence-corrected chi connectivity index (χ0v) is 17.9. The van der Waals surface area contributed by atoms with E-state index >= 15 is 0 Å². The summed E-state index contributed by atoms with van der Waals surface area (Å²) in [6, 6.07) is 3.60. The highest BCUT2D eigenvalue weighted by atomic mass is 28.4. The molecule has 0 spiro atoms. The quantitative estimate of drug-likeness (QED) is 0.433. The molecule has 0 aromatic carbocycles. The highest BCUT2D eigenvalue weighted by Crippen LogP contribution is 2.39. The smallest absolute Gasteiger partial charge is 0.229 e. The lowest BCUT2D eigenvalue weighted by Crippen LogP contribution is -2.43. The van der Waals surface area contributed by atoms with Crippen LogP contribution >= 0.6 is 0 Å². The minimum absolute atomic E-state index is 0.0644. The van der Waals surface area contributed by atoms with Gasteiger partial charge in [-0.1, -0.05) is 38.5 Å². The maximum Gasteiger partial charge on any atom is 0.229 e. The van der Waals surface area contributed by atoms with E-state index in [0.29, 0.717) is 18.8 Å². The van der Waals surface area contributed by atoms with Gasteiger partial charge in [0.15, 0.2) is 8.32 Å². The second-order valence-corrected chi connectivity index (χ2v) is 13.3. The zero-order valence-electron chi connectivity index (χ0n) is 16.9. The van der Waals surface area contributed by atoms with Crippen LogP contribution in [-0.2, 0) is 9.22 Å². The summed E-state index contributed by atoms with van der Waals surface area (Å²) in [7, 11) is -1.74. The SMILES string of the molecule is C=CCN(C(=O)CCC1=CCC(O[Si](C)(C)C(C)(C)C)C1)c1ccco1. The Morgan fingerprint density at radius 3 is 2.77 bits per heavy atom. The van der Waals surface area contributed by atoms with E-state index in [1.165, 1.54) is 5.57 Å². The number of anilines is 1. The molecule has 26 heavy (non-hydrogen) atoms. The predicted molar refractivity (Wildman–Crippen MR) is 110 cm³/mol. The summed E-state index contributed by atoms with van der Waals surface area (Å²) in [4.78, 5) is 14.2. The molecule has 1 atom stereocenters. The Balaban J connectivity index is 1.85. The number of hydrogen-bond donors (Lipinski definition) is 0. The third-order valence-corrected chi connectivity index (χ3v) is 10.0. The van der Waals surface area contributed by atoms with E-state index in [9.17, 15) is 4.79 Å². The third kappa shape index (κ3) is 5.21. The van der Waals surface area contributed by atoms with Crippen molar-refractivity contribution in [1.82, 2.24) is 0 Å². The van der Waals surface area contributed by atoms with E-state index in [1.54, 1.807) is 29.4 Å². The van der Waals surface area contributed by atoms with E-state index in [-0.39, 0.29) is 17.0 Å². The summed E-state index contributed by atoms with van der Waals surface area (Å²) in [5.41, 5.74) is 1.33. The van der Waals surface area contributed by atoms with Crippen molar-refractivity contribution in [2.45, 2.75) is 70.7 Å². The van der Waals surface area contributed by atoms with Gasteiger partial charge in [-0.3, -0.25) is 9.69 Å². The van der Waals surface area contributed by atoms with Crippen molar-refractivity contribution < 1.29 is 13.6 Å². The molecule has 1 aliphatic rings. The second kappa shape index (κ2) is 8.40. The fraction of sp³-hybridized carbons (Fsp3) is 0.571. The lowest BCUT2D eigenvalue weighted by molar-refractivity contribution is -0.118. The fourth-order valence-corrected chi connectivity index (χ4v) is 4.28. The van der Waals surface area contributed by atoms with Gasteiger partial charge in [0, 0.05) is 19.0 Å². The van der Waals surface area contributed by atoms with Crippen LogP contribution in [0.15, 0.2) is 47.1 Å². The number of carbonyl (C=O) groups excluding carboxylic acids is 1. The summed E-state index contributed by atoms with van der Waals surface area (Å²) >= 11 is 0. The van der Waals surface area contributed by atoms with Crippen LogP contribution in [0, 0.1) is 0 Å². The largest absolute Gasteiger partial charge is 0.448 e. The first-order valence-electron chi connectivity index (χ1n) is 9.44. The van der Waals surface area contributed by atoms with Crippen LogP contribution in [0.3, 0.4) is 0 Å². The van der Waals surface area contributed by atoms with Gasteiger partial charge in [0.2, 0.25) is 11.8 Å². The first-order chi connectivity index (χ1) is 12.1. The molecule has 1 amide bonds. The van der Waals surface area contributed by atoms with Crippen LogP contribution in [0.2, 0.25) is 18.1 Å². The van der Waals surface area contributed by atoms with Crippen molar-refractivity contribution in [3.63, 3.8) is 0 Å². The van der Waals surface area contributed by atoms with Gasteiger partial charge in [-0.05, 0) is 43.5 Å². The van der Waals surface area contributed by atoms with E-state index < -0.39 is 8.32 Å². The highest BCUT2D eigenvalue weighted by Gasteiger charge is 2.39. The summed E-state index contributed by atoms with van der Waals surface area (Å²) in [5.74, 6) is 0.643. The van der Waals surface area contributed by atoms with Crippen LogP contribution in [0.5, 0.6) is 0 Å². The van der Waals surface area contributed by atoms with Gasteiger partial charge in [-0.2, -0.15) is 0 Å². The highest BCUT2D eigenvalue weighted by molar-refractivity contribution is 6.74. The Morgan fingerprint density at radius 2 is 2.19 bits per heavy atom. The average molecular weight is 376 g/mol. The van der Waals surface area contributed by atoms with Gasteiger partial charge in [-0.25, -0.2) is 0 Å².